The molecule has 1 aromatic carbocycles. The van der Waals surface area contributed by atoms with Crippen LogP contribution in [-0.4, -0.2) is 60.3 Å². The molecule has 1 aromatic heterocycles. The first-order valence-corrected chi connectivity index (χ1v) is 9.88. The molecule has 2 aliphatic heterocycles. The number of anilines is 1. The Morgan fingerprint density at radius 3 is 2.61 bits per heavy atom. The van der Waals surface area contributed by atoms with Crippen LogP contribution in [0, 0.1) is 5.92 Å². The van der Waals surface area contributed by atoms with Crippen LogP contribution in [0.2, 0.25) is 0 Å². The van der Waals surface area contributed by atoms with Crippen molar-refractivity contribution >= 4 is 17.5 Å². The van der Waals surface area contributed by atoms with Crippen LogP contribution in [0.4, 0.5) is 5.69 Å². The lowest BCUT2D eigenvalue weighted by molar-refractivity contribution is -0.136. The molecule has 0 saturated carbocycles. The molecule has 1 atom stereocenters. The number of amides is 2. The standard InChI is InChI=1S/C21H26N4O3/c1-24(17-5-3-2-4-6-17)21(27)19-13-18(22-23-19)15-7-10-25(11-8-15)20(26)16-9-12-28-14-16/h2-6,13,15-16H,7-12,14H2,1H3,(H,22,23). The molecule has 2 fully saturated rings. The van der Waals surface area contributed by atoms with E-state index in [2.05, 4.69) is 10.2 Å². The molecule has 4 rings (SSSR count). The molecule has 2 aliphatic rings. The third-order valence-electron chi connectivity index (χ3n) is 5.79. The molecule has 2 saturated heterocycles. The van der Waals surface area contributed by atoms with Crippen LogP contribution >= 0.6 is 0 Å². The van der Waals surface area contributed by atoms with Crippen LogP contribution in [0.1, 0.15) is 41.4 Å². The van der Waals surface area contributed by atoms with Crippen LogP contribution in [0.3, 0.4) is 0 Å². The summed E-state index contributed by atoms with van der Waals surface area (Å²) in [6.07, 6.45) is 2.59. The largest absolute Gasteiger partial charge is 0.381 e. The molecule has 0 aliphatic carbocycles. The topological polar surface area (TPSA) is 78.5 Å². The summed E-state index contributed by atoms with van der Waals surface area (Å²) in [7, 11) is 1.75. The molecule has 0 radical (unpaired) electrons. The average Bonchev–Trinajstić information content (AvgIpc) is 3.45. The van der Waals surface area contributed by atoms with Crippen molar-refractivity contribution in [3.63, 3.8) is 0 Å². The van der Waals surface area contributed by atoms with Gasteiger partial charge in [0.1, 0.15) is 0 Å². The van der Waals surface area contributed by atoms with E-state index in [4.69, 9.17) is 4.74 Å². The number of carbonyl (C=O) groups is 2. The maximum absolute atomic E-state index is 12.7. The third kappa shape index (κ3) is 3.80. The summed E-state index contributed by atoms with van der Waals surface area (Å²) in [5, 5.41) is 7.28. The maximum Gasteiger partial charge on any atom is 0.278 e. The second kappa shape index (κ2) is 8.14. The molecule has 0 spiro atoms. The lowest BCUT2D eigenvalue weighted by Crippen LogP contribution is -2.41. The van der Waals surface area contributed by atoms with Crippen molar-refractivity contribution in [2.24, 2.45) is 5.92 Å². The van der Waals surface area contributed by atoms with Gasteiger partial charge in [0, 0.05) is 44.0 Å². The van der Waals surface area contributed by atoms with Gasteiger partial charge in [-0.05, 0) is 37.5 Å². The van der Waals surface area contributed by atoms with Crippen LogP contribution in [0.25, 0.3) is 0 Å². The van der Waals surface area contributed by atoms with Gasteiger partial charge in [0.15, 0.2) is 5.69 Å². The number of piperidine rings is 1. The number of hydrogen-bond acceptors (Lipinski definition) is 4. The highest BCUT2D eigenvalue weighted by Gasteiger charge is 2.31. The first-order chi connectivity index (χ1) is 13.6. The molecule has 2 amide bonds. The van der Waals surface area contributed by atoms with E-state index in [1.807, 2.05) is 41.3 Å². The number of aromatic nitrogens is 2. The lowest BCUT2D eigenvalue weighted by atomic mass is 9.92. The summed E-state index contributed by atoms with van der Waals surface area (Å²) in [5.41, 5.74) is 2.23. The molecule has 28 heavy (non-hydrogen) atoms. The number of benzene rings is 1. The van der Waals surface area contributed by atoms with Crippen LogP contribution < -0.4 is 4.90 Å². The van der Waals surface area contributed by atoms with Gasteiger partial charge in [-0.3, -0.25) is 14.7 Å². The molecular weight excluding hydrogens is 356 g/mol. The van der Waals surface area contributed by atoms with E-state index in [-0.39, 0.29) is 17.7 Å². The van der Waals surface area contributed by atoms with Gasteiger partial charge < -0.3 is 14.5 Å². The molecule has 7 nitrogen and oxygen atoms in total. The van der Waals surface area contributed by atoms with Gasteiger partial charge in [-0.2, -0.15) is 5.10 Å². The molecule has 7 heteroatoms. The maximum atomic E-state index is 12.7. The predicted octanol–water partition coefficient (Wildman–Crippen LogP) is 2.43. The number of H-pyrrole nitrogens is 1. The van der Waals surface area contributed by atoms with Crippen LogP contribution in [-0.2, 0) is 9.53 Å². The average molecular weight is 382 g/mol. The summed E-state index contributed by atoms with van der Waals surface area (Å²) < 4.78 is 5.34. The minimum absolute atomic E-state index is 0.0291. The zero-order chi connectivity index (χ0) is 19.5. The van der Waals surface area contributed by atoms with Gasteiger partial charge in [-0.25, -0.2) is 0 Å². The van der Waals surface area contributed by atoms with Crippen molar-refractivity contribution in [1.29, 1.82) is 0 Å². The minimum atomic E-state index is -0.137. The SMILES string of the molecule is CN(C(=O)c1cc(C2CCN(C(=O)C3CCOC3)CC2)[nH]n1)c1ccccc1. The first-order valence-electron chi connectivity index (χ1n) is 9.88. The monoisotopic (exact) mass is 382 g/mol. The van der Waals surface area contributed by atoms with E-state index >= 15 is 0 Å². The van der Waals surface area contributed by atoms with E-state index in [1.54, 1.807) is 11.9 Å². The zero-order valence-electron chi connectivity index (χ0n) is 16.1. The van der Waals surface area contributed by atoms with Crippen molar-refractivity contribution in [2.75, 3.05) is 38.3 Å². The summed E-state index contributed by atoms with van der Waals surface area (Å²) in [5.74, 6) is 0.407. The Balaban J connectivity index is 1.36. The molecular formula is C21H26N4O3. The summed E-state index contributed by atoms with van der Waals surface area (Å²) in [6.45, 7) is 2.73. The van der Waals surface area contributed by atoms with Gasteiger partial charge in [0.25, 0.3) is 5.91 Å². The number of aromatic amines is 1. The number of nitrogens with one attached hydrogen (secondary N) is 1. The van der Waals surface area contributed by atoms with Gasteiger partial charge >= 0.3 is 0 Å². The smallest absolute Gasteiger partial charge is 0.278 e. The van der Waals surface area contributed by atoms with Gasteiger partial charge in [0.05, 0.1) is 12.5 Å². The molecule has 148 valence electrons. The lowest BCUT2D eigenvalue weighted by Gasteiger charge is -2.32. The van der Waals surface area contributed by atoms with Crippen molar-refractivity contribution < 1.29 is 14.3 Å². The van der Waals surface area contributed by atoms with Crippen molar-refractivity contribution in [2.45, 2.75) is 25.2 Å². The van der Waals surface area contributed by atoms with E-state index < -0.39 is 0 Å². The number of carbonyl (C=O) groups excluding carboxylic acids is 2. The van der Waals surface area contributed by atoms with Gasteiger partial charge in [-0.1, -0.05) is 18.2 Å². The second-order valence-corrected chi connectivity index (χ2v) is 7.57. The quantitative estimate of drug-likeness (QED) is 0.881. The fraction of sp³-hybridized carbons (Fsp3) is 0.476. The Morgan fingerprint density at radius 2 is 1.93 bits per heavy atom. The fourth-order valence-corrected chi connectivity index (χ4v) is 3.99. The Labute approximate surface area is 164 Å². The van der Waals surface area contributed by atoms with Crippen molar-refractivity contribution in [3.8, 4) is 0 Å². The Bertz CT molecular complexity index is 821. The first kappa shape index (κ1) is 18.7. The number of rotatable bonds is 4. The summed E-state index contributed by atoms with van der Waals surface area (Å²) in [4.78, 5) is 28.8. The van der Waals surface area contributed by atoms with E-state index in [1.165, 1.54) is 0 Å². The molecule has 1 N–H and O–H groups in total. The Kier molecular flexibility index (Phi) is 5.43. The second-order valence-electron chi connectivity index (χ2n) is 7.57. The van der Waals surface area contributed by atoms with Gasteiger partial charge in [0.2, 0.25) is 5.91 Å². The van der Waals surface area contributed by atoms with E-state index in [0.717, 1.165) is 43.7 Å². The number of ether oxygens (including phenoxy) is 1. The fourth-order valence-electron chi connectivity index (χ4n) is 3.99. The van der Waals surface area contributed by atoms with Gasteiger partial charge in [-0.15, -0.1) is 0 Å². The van der Waals surface area contributed by atoms with E-state index in [0.29, 0.717) is 24.8 Å². The minimum Gasteiger partial charge on any atom is -0.381 e. The summed E-state index contributed by atoms with van der Waals surface area (Å²) >= 11 is 0. The molecule has 1 unspecified atom stereocenters. The number of hydrogen-bond donors (Lipinski definition) is 1. The molecule has 2 aromatic rings. The van der Waals surface area contributed by atoms with E-state index in [9.17, 15) is 9.59 Å². The van der Waals surface area contributed by atoms with Crippen LogP contribution in [0.15, 0.2) is 36.4 Å². The predicted molar refractivity (Wildman–Crippen MR) is 105 cm³/mol. The normalized spacial score (nSPS) is 20.3. The highest BCUT2D eigenvalue weighted by atomic mass is 16.5. The van der Waals surface area contributed by atoms with Crippen LogP contribution in [0.5, 0.6) is 0 Å². The van der Waals surface area contributed by atoms with Crippen molar-refractivity contribution in [3.05, 3.63) is 47.8 Å². The highest BCUT2D eigenvalue weighted by Crippen LogP contribution is 2.29. The summed E-state index contributed by atoms with van der Waals surface area (Å²) in [6, 6.07) is 11.4. The third-order valence-corrected chi connectivity index (χ3v) is 5.79. The van der Waals surface area contributed by atoms with Crippen molar-refractivity contribution in [1.82, 2.24) is 15.1 Å². The zero-order valence-corrected chi connectivity index (χ0v) is 16.1. The highest BCUT2D eigenvalue weighted by molar-refractivity contribution is 6.04. The number of para-hydroxylation sites is 1. The molecule has 3 heterocycles. The Hall–Kier alpha value is -2.67. The number of likely N-dealkylation sites (tertiary alicyclic amines) is 1. The molecule has 0 bridgehead atoms. The number of nitrogens with zero attached hydrogens (tertiary/aromatic N) is 3. The Morgan fingerprint density at radius 1 is 1.18 bits per heavy atom.